The molecule has 3 nitrogen and oxygen atoms in total. The van der Waals surface area contributed by atoms with E-state index >= 15 is 0 Å². The van der Waals surface area contributed by atoms with Gasteiger partial charge in [-0.05, 0) is 39.5 Å². The summed E-state index contributed by atoms with van der Waals surface area (Å²) >= 11 is 3.55. The van der Waals surface area contributed by atoms with Gasteiger partial charge in [-0.2, -0.15) is 0 Å². The molecule has 1 unspecified atom stereocenters. The number of thiazole rings is 1. The molecular weight excluding hydrogens is 264 g/mol. The Morgan fingerprint density at radius 3 is 2.94 bits per heavy atom. The Labute approximate surface area is 117 Å². The van der Waals surface area contributed by atoms with Gasteiger partial charge in [-0.1, -0.05) is 11.8 Å². The predicted octanol–water partition coefficient (Wildman–Crippen LogP) is 2.83. The van der Waals surface area contributed by atoms with E-state index in [0.29, 0.717) is 6.04 Å². The van der Waals surface area contributed by atoms with Crippen molar-refractivity contribution < 1.29 is 5.11 Å². The molecular formula is C13H22N2OS2. The highest BCUT2D eigenvalue weighted by molar-refractivity contribution is 8.00. The minimum atomic E-state index is -0.0967. The highest BCUT2D eigenvalue weighted by atomic mass is 32.2. The van der Waals surface area contributed by atoms with Crippen LogP contribution in [0.5, 0.6) is 0 Å². The van der Waals surface area contributed by atoms with Gasteiger partial charge in [0.1, 0.15) is 4.34 Å². The molecule has 2 rings (SSSR count). The molecule has 1 aromatic rings. The molecule has 0 spiro atoms. The molecule has 0 bridgehead atoms. The van der Waals surface area contributed by atoms with Gasteiger partial charge in [-0.25, -0.2) is 4.98 Å². The van der Waals surface area contributed by atoms with E-state index < -0.39 is 0 Å². The molecule has 0 aliphatic heterocycles. The van der Waals surface area contributed by atoms with Gasteiger partial charge in [0.05, 0.1) is 6.61 Å². The van der Waals surface area contributed by atoms with Gasteiger partial charge in [0.15, 0.2) is 0 Å². The Morgan fingerprint density at radius 1 is 1.61 bits per heavy atom. The van der Waals surface area contributed by atoms with Crippen LogP contribution in [0.2, 0.25) is 0 Å². The molecule has 1 saturated carbocycles. The smallest absolute Gasteiger partial charge is 0.150 e. The first-order valence-corrected chi connectivity index (χ1v) is 8.41. The third-order valence-corrected chi connectivity index (χ3v) is 5.40. The van der Waals surface area contributed by atoms with Crippen LogP contribution in [0, 0.1) is 6.92 Å². The number of aliphatic hydroxyl groups excluding tert-OH is 1. The minimum Gasteiger partial charge on any atom is -0.394 e. The fourth-order valence-electron chi connectivity index (χ4n) is 1.94. The number of aryl methyl sites for hydroxylation is 1. The van der Waals surface area contributed by atoms with E-state index in [4.69, 9.17) is 0 Å². The number of aromatic nitrogens is 1. The maximum Gasteiger partial charge on any atom is 0.150 e. The topological polar surface area (TPSA) is 45.1 Å². The van der Waals surface area contributed by atoms with Gasteiger partial charge in [-0.15, -0.1) is 11.3 Å². The molecule has 1 aliphatic carbocycles. The van der Waals surface area contributed by atoms with Gasteiger partial charge < -0.3 is 10.4 Å². The second-order valence-electron chi connectivity index (χ2n) is 5.34. The van der Waals surface area contributed by atoms with Crippen LogP contribution in [-0.4, -0.2) is 34.0 Å². The van der Waals surface area contributed by atoms with Crippen LogP contribution in [0.3, 0.4) is 0 Å². The van der Waals surface area contributed by atoms with Crippen molar-refractivity contribution in [2.75, 3.05) is 12.4 Å². The molecule has 2 N–H and O–H groups in total. The summed E-state index contributed by atoms with van der Waals surface area (Å²) < 4.78 is 1.16. The zero-order chi connectivity index (χ0) is 13.0. The predicted molar refractivity (Wildman–Crippen MR) is 78.5 cm³/mol. The van der Waals surface area contributed by atoms with Crippen LogP contribution in [0.25, 0.3) is 0 Å². The lowest BCUT2D eigenvalue weighted by Crippen LogP contribution is -2.46. The summed E-state index contributed by atoms with van der Waals surface area (Å²) in [6.45, 7) is 4.39. The lowest BCUT2D eigenvalue weighted by molar-refractivity contribution is 0.163. The molecule has 0 saturated heterocycles. The fourth-order valence-corrected chi connectivity index (χ4v) is 3.80. The van der Waals surface area contributed by atoms with Crippen molar-refractivity contribution in [3.63, 3.8) is 0 Å². The molecule has 0 aromatic carbocycles. The van der Waals surface area contributed by atoms with E-state index in [1.807, 2.05) is 18.7 Å². The number of aliphatic hydroxyl groups is 1. The molecule has 0 radical (unpaired) electrons. The number of hydrogen-bond donors (Lipinski definition) is 2. The van der Waals surface area contributed by atoms with Crippen molar-refractivity contribution in [2.24, 2.45) is 0 Å². The average molecular weight is 286 g/mol. The summed E-state index contributed by atoms with van der Waals surface area (Å²) in [5, 5.41) is 15.1. The van der Waals surface area contributed by atoms with E-state index in [2.05, 4.69) is 22.6 Å². The molecule has 1 fully saturated rings. The van der Waals surface area contributed by atoms with Gasteiger partial charge in [0.25, 0.3) is 0 Å². The first kappa shape index (κ1) is 14.3. The lowest BCUT2D eigenvalue weighted by Gasteiger charge is -2.29. The van der Waals surface area contributed by atoms with Crippen molar-refractivity contribution in [1.82, 2.24) is 10.3 Å². The summed E-state index contributed by atoms with van der Waals surface area (Å²) in [6, 6.07) is 0.649. The van der Waals surface area contributed by atoms with Gasteiger partial charge in [-0.3, -0.25) is 0 Å². The summed E-state index contributed by atoms with van der Waals surface area (Å²) in [4.78, 5) is 4.44. The standard InChI is InChI=1S/C13H22N2OS2/c1-10-8-18-12(14-10)17-7-3-6-13(2,9-16)15-11-4-5-11/h8,11,15-16H,3-7,9H2,1-2H3. The first-order valence-electron chi connectivity index (χ1n) is 6.55. The van der Waals surface area contributed by atoms with Crippen molar-refractivity contribution >= 4 is 23.1 Å². The van der Waals surface area contributed by atoms with E-state index in [0.717, 1.165) is 28.6 Å². The Hall–Kier alpha value is -0.100. The number of hydrogen-bond acceptors (Lipinski definition) is 5. The molecule has 1 heterocycles. The van der Waals surface area contributed by atoms with Crippen LogP contribution in [-0.2, 0) is 0 Å². The van der Waals surface area contributed by atoms with Crippen molar-refractivity contribution in [3.8, 4) is 0 Å². The van der Waals surface area contributed by atoms with Crippen LogP contribution in [0.15, 0.2) is 9.72 Å². The van der Waals surface area contributed by atoms with E-state index in [1.54, 1.807) is 11.3 Å². The molecule has 18 heavy (non-hydrogen) atoms. The van der Waals surface area contributed by atoms with Crippen molar-refractivity contribution in [1.29, 1.82) is 0 Å². The molecule has 1 aliphatic rings. The molecule has 1 atom stereocenters. The van der Waals surface area contributed by atoms with Crippen molar-refractivity contribution in [2.45, 2.75) is 55.5 Å². The summed E-state index contributed by atoms with van der Waals surface area (Å²) in [6.07, 6.45) is 4.67. The monoisotopic (exact) mass is 286 g/mol. The zero-order valence-corrected chi connectivity index (χ0v) is 12.7. The largest absolute Gasteiger partial charge is 0.394 e. The zero-order valence-electron chi connectivity index (χ0n) is 11.1. The number of rotatable bonds is 8. The van der Waals surface area contributed by atoms with Gasteiger partial charge in [0, 0.05) is 28.4 Å². The van der Waals surface area contributed by atoms with Gasteiger partial charge in [0.2, 0.25) is 0 Å². The first-order chi connectivity index (χ1) is 8.61. The Balaban J connectivity index is 1.66. The van der Waals surface area contributed by atoms with Crippen LogP contribution >= 0.6 is 23.1 Å². The fraction of sp³-hybridized carbons (Fsp3) is 0.769. The van der Waals surface area contributed by atoms with Crippen LogP contribution in [0.4, 0.5) is 0 Å². The SMILES string of the molecule is Cc1csc(SCCCC(C)(CO)NC2CC2)n1. The summed E-state index contributed by atoms with van der Waals surface area (Å²) in [5.74, 6) is 1.08. The lowest BCUT2D eigenvalue weighted by atomic mass is 9.97. The third kappa shape index (κ3) is 4.53. The number of nitrogens with zero attached hydrogens (tertiary/aromatic N) is 1. The highest BCUT2D eigenvalue weighted by Crippen LogP contribution is 2.27. The van der Waals surface area contributed by atoms with E-state index in [-0.39, 0.29) is 12.1 Å². The summed E-state index contributed by atoms with van der Waals surface area (Å²) in [5.41, 5.74) is 1.01. The second-order valence-corrected chi connectivity index (χ2v) is 7.54. The van der Waals surface area contributed by atoms with E-state index in [1.165, 1.54) is 12.8 Å². The quantitative estimate of drug-likeness (QED) is 0.570. The summed E-state index contributed by atoms with van der Waals surface area (Å²) in [7, 11) is 0. The second kappa shape index (κ2) is 6.37. The molecule has 5 heteroatoms. The van der Waals surface area contributed by atoms with Crippen LogP contribution in [0.1, 0.15) is 38.3 Å². The van der Waals surface area contributed by atoms with E-state index in [9.17, 15) is 5.11 Å². The van der Waals surface area contributed by atoms with Crippen LogP contribution < -0.4 is 5.32 Å². The van der Waals surface area contributed by atoms with Gasteiger partial charge >= 0.3 is 0 Å². The Morgan fingerprint density at radius 2 is 2.39 bits per heavy atom. The molecule has 1 aromatic heterocycles. The third-order valence-electron chi connectivity index (χ3n) is 3.18. The Kier molecular flexibility index (Phi) is 5.06. The maximum atomic E-state index is 9.50. The molecule has 102 valence electrons. The Bertz CT molecular complexity index is 379. The maximum absolute atomic E-state index is 9.50. The number of thioether (sulfide) groups is 1. The minimum absolute atomic E-state index is 0.0967. The molecule has 0 amide bonds. The average Bonchev–Trinajstić information content (AvgIpc) is 3.06. The van der Waals surface area contributed by atoms with Crippen molar-refractivity contribution in [3.05, 3.63) is 11.1 Å². The highest BCUT2D eigenvalue weighted by Gasteiger charge is 2.31. The normalized spacial score (nSPS) is 18.8. The number of nitrogens with one attached hydrogen (secondary N) is 1.